The summed E-state index contributed by atoms with van der Waals surface area (Å²) in [6, 6.07) is 9.97. The summed E-state index contributed by atoms with van der Waals surface area (Å²) in [5, 5.41) is 0. The predicted octanol–water partition coefficient (Wildman–Crippen LogP) is 3.78. The van der Waals surface area contributed by atoms with Gasteiger partial charge in [0, 0.05) is 12.0 Å². The van der Waals surface area contributed by atoms with Crippen LogP contribution in [0.5, 0.6) is 5.75 Å². The molecule has 0 atom stereocenters. The number of hydrogen-bond acceptors (Lipinski definition) is 2. The van der Waals surface area contributed by atoms with Gasteiger partial charge in [0.15, 0.2) is 5.78 Å². The van der Waals surface area contributed by atoms with E-state index in [-0.39, 0.29) is 5.78 Å². The number of ketones is 1. The van der Waals surface area contributed by atoms with Gasteiger partial charge in [0.1, 0.15) is 5.75 Å². The lowest BCUT2D eigenvalue weighted by atomic mass is 9.92. The molecular weight excluding hydrogens is 248 g/mol. The Morgan fingerprint density at radius 3 is 2.50 bits per heavy atom. The van der Waals surface area contributed by atoms with Crippen molar-refractivity contribution < 1.29 is 9.53 Å². The van der Waals surface area contributed by atoms with Gasteiger partial charge in [-0.3, -0.25) is 4.79 Å². The molecule has 0 saturated heterocycles. The fraction of sp³-hybridized carbons (Fsp3) is 0.278. The van der Waals surface area contributed by atoms with Gasteiger partial charge < -0.3 is 4.74 Å². The van der Waals surface area contributed by atoms with Crippen molar-refractivity contribution in [2.45, 2.75) is 27.2 Å². The topological polar surface area (TPSA) is 26.3 Å². The highest BCUT2D eigenvalue weighted by Crippen LogP contribution is 2.32. The van der Waals surface area contributed by atoms with Gasteiger partial charge in [-0.15, -0.1) is 0 Å². The van der Waals surface area contributed by atoms with Crippen LogP contribution in [0, 0.1) is 20.8 Å². The molecule has 2 aromatic rings. The summed E-state index contributed by atoms with van der Waals surface area (Å²) in [7, 11) is 0. The van der Waals surface area contributed by atoms with E-state index in [0.717, 1.165) is 34.4 Å². The first-order chi connectivity index (χ1) is 9.58. The minimum atomic E-state index is 0.0683. The molecule has 0 saturated carbocycles. The summed E-state index contributed by atoms with van der Waals surface area (Å²) in [6.07, 6.45) is 0.891. The Morgan fingerprint density at radius 1 is 1.10 bits per heavy atom. The van der Waals surface area contributed by atoms with Crippen LogP contribution in [0.25, 0.3) is 0 Å². The van der Waals surface area contributed by atoms with Crippen molar-refractivity contribution in [1.29, 1.82) is 0 Å². The van der Waals surface area contributed by atoms with Gasteiger partial charge in [0.2, 0.25) is 0 Å². The quantitative estimate of drug-likeness (QED) is 0.773. The van der Waals surface area contributed by atoms with Crippen molar-refractivity contribution in [1.82, 2.24) is 0 Å². The molecule has 2 aromatic carbocycles. The first-order valence-corrected chi connectivity index (χ1v) is 6.95. The molecule has 102 valence electrons. The summed E-state index contributed by atoms with van der Waals surface area (Å²) < 4.78 is 5.65. The molecule has 0 spiro atoms. The Labute approximate surface area is 119 Å². The van der Waals surface area contributed by atoms with Crippen LogP contribution >= 0.6 is 0 Å². The normalized spacial score (nSPS) is 12.9. The van der Waals surface area contributed by atoms with Crippen LogP contribution in [0.4, 0.5) is 0 Å². The van der Waals surface area contributed by atoms with Crippen LogP contribution in [0.2, 0.25) is 0 Å². The van der Waals surface area contributed by atoms with Crippen LogP contribution in [-0.4, -0.2) is 12.4 Å². The van der Waals surface area contributed by atoms with Gasteiger partial charge in [0.05, 0.1) is 12.2 Å². The molecule has 0 amide bonds. The third-order valence-corrected chi connectivity index (χ3v) is 3.86. The molecule has 0 unspecified atom stereocenters. The van der Waals surface area contributed by atoms with E-state index in [9.17, 15) is 4.79 Å². The molecule has 1 aliphatic rings. The molecule has 0 aromatic heterocycles. The van der Waals surface area contributed by atoms with Gasteiger partial charge in [0.25, 0.3) is 0 Å². The van der Waals surface area contributed by atoms with Gasteiger partial charge >= 0.3 is 0 Å². The number of carbonyl (C=O) groups excluding carboxylic acids is 1. The Bertz CT molecular complexity index is 676. The maximum atomic E-state index is 12.9. The summed E-state index contributed by atoms with van der Waals surface area (Å²) >= 11 is 0. The molecule has 20 heavy (non-hydrogen) atoms. The average molecular weight is 266 g/mol. The van der Waals surface area contributed by atoms with Crippen molar-refractivity contribution >= 4 is 5.78 Å². The van der Waals surface area contributed by atoms with Crippen LogP contribution in [-0.2, 0) is 6.42 Å². The van der Waals surface area contributed by atoms with Gasteiger partial charge in [-0.05, 0) is 43.5 Å². The van der Waals surface area contributed by atoms with E-state index in [4.69, 9.17) is 4.74 Å². The Hall–Kier alpha value is -2.09. The van der Waals surface area contributed by atoms with E-state index in [1.165, 1.54) is 5.56 Å². The van der Waals surface area contributed by atoms with Crippen molar-refractivity contribution in [2.75, 3.05) is 6.61 Å². The number of benzene rings is 2. The fourth-order valence-corrected chi connectivity index (χ4v) is 3.07. The zero-order chi connectivity index (χ0) is 14.3. The highest BCUT2D eigenvalue weighted by atomic mass is 16.5. The SMILES string of the molecule is Cc1cc(C)c(C(=O)c2cccc3c2OCC3)c(C)c1. The summed E-state index contributed by atoms with van der Waals surface area (Å²) in [6.45, 7) is 6.72. The lowest BCUT2D eigenvalue weighted by molar-refractivity contribution is 0.103. The lowest BCUT2D eigenvalue weighted by Crippen LogP contribution is -2.08. The van der Waals surface area contributed by atoms with Crippen LogP contribution in [0.3, 0.4) is 0 Å². The van der Waals surface area contributed by atoms with E-state index in [1.54, 1.807) is 0 Å². The third kappa shape index (κ3) is 2.01. The Morgan fingerprint density at radius 2 is 1.80 bits per heavy atom. The largest absolute Gasteiger partial charge is 0.492 e. The fourth-order valence-electron chi connectivity index (χ4n) is 3.07. The van der Waals surface area contributed by atoms with Crippen LogP contribution < -0.4 is 4.74 Å². The zero-order valence-electron chi connectivity index (χ0n) is 12.1. The summed E-state index contributed by atoms with van der Waals surface area (Å²) in [5.41, 5.74) is 5.88. The standard InChI is InChI=1S/C18H18O2/c1-11-9-12(2)16(13(3)10-11)17(19)15-6-4-5-14-7-8-20-18(14)15/h4-6,9-10H,7-8H2,1-3H3. The highest BCUT2D eigenvalue weighted by Gasteiger charge is 2.23. The number of aryl methyl sites for hydroxylation is 3. The smallest absolute Gasteiger partial charge is 0.197 e. The minimum absolute atomic E-state index is 0.0683. The Balaban J connectivity index is 2.13. The van der Waals surface area contributed by atoms with Crippen molar-refractivity contribution in [3.63, 3.8) is 0 Å². The molecule has 0 bridgehead atoms. The summed E-state index contributed by atoms with van der Waals surface area (Å²) in [5.74, 6) is 0.843. The van der Waals surface area contributed by atoms with Crippen LogP contribution in [0.1, 0.15) is 38.2 Å². The number of carbonyl (C=O) groups is 1. The number of rotatable bonds is 2. The third-order valence-electron chi connectivity index (χ3n) is 3.86. The molecule has 2 nitrogen and oxygen atoms in total. The molecule has 0 fully saturated rings. The molecule has 3 rings (SSSR count). The molecule has 1 aliphatic heterocycles. The van der Waals surface area contributed by atoms with Gasteiger partial charge in [-0.2, -0.15) is 0 Å². The highest BCUT2D eigenvalue weighted by molar-refractivity contribution is 6.12. The number of ether oxygens (including phenoxy) is 1. The molecule has 2 heteroatoms. The average Bonchev–Trinajstić information content (AvgIpc) is 2.85. The van der Waals surface area contributed by atoms with Crippen molar-refractivity contribution in [3.8, 4) is 5.75 Å². The first-order valence-electron chi connectivity index (χ1n) is 6.95. The Kier molecular flexibility index (Phi) is 3.09. The first kappa shape index (κ1) is 12.9. The zero-order valence-corrected chi connectivity index (χ0v) is 12.1. The van der Waals surface area contributed by atoms with Gasteiger partial charge in [-0.1, -0.05) is 29.8 Å². The van der Waals surface area contributed by atoms with Gasteiger partial charge in [-0.25, -0.2) is 0 Å². The van der Waals surface area contributed by atoms with E-state index in [2.05, 4.69) is 19.1 Å². The molecule has 0 radical (unpaired) electrons. The van der Waals surface area contributed by atoms with Crippen LogP contribution in [0.15, 0.2) is 30.3 Å². The molecular formula is C18H18O2. The second-order valence-corrected chi connectivity index (χ2v) is 5.50. The van der Waals surface area contributed by atoms with E-state index in [0.29, 0.717) is 12.2 Å². The second-order valence-electron chi connectivity index (χ2n) is 5.50. The molecule has 0 aliphatic carbocycles. The van der Waals surface area contributed by atoms with Crippen molar-refractivity contribution in [2.24, 2.45) is 0 Å². The van der Waals surface area contributed by atoms with E-state index >= 15 is 0 Å². The lowest BCUT2D eigenvalue weighted by Gasteiger charge is -2.12. The number of para-hydroxylation sites is 1. The monoisotopic (exact) mass is 266 g/mol. The number of hydrogen-bond donors (Lipinski definition) is 0. The second kappa shape index (κ2) is 4.78. The molecule has 1 heterocycles. The summed E-state index contributed by atoms with van der Waals surface area (Å²) in [4.78, 5) is 12.9. The minimum Gasteiger partial charge on any atom is -0.492 e. The predicted molar refractivity (Wildman–Crippen MR) is 79.7 cm³/mol. The molecule has 0 N–H and O–H groups in total. The van der Waals surface area contributed by atoms with Crippen molar-refractivity contribution in [3.05, 3.63) is 63.7 Å². The maximum absolute atomic E-state index is 12.9. The van der Waals surface area contributed by atoms with E-state index < -0.39 is 0 Å². The maximum Gasteiger partial charge on any atom is 0.197 e. The van der Waals surface area contributed by atoms with E-state index in [1.807, 2.05) is 32.0 Å². The number of fused-ring (bicyclic) bond motifs is 1.